The van der Waals surface area contributed by atoms with Crippen LogP contribution < -0.4 is 4.74 Å². The smallest absolute Gasteiger partial charge is 0.460 e. The highest BCUT2D eigenvalue weighted by atomic mass is 19.4. The molecule has 0 aromatic heterocycles. The van der Waals surface area contributed by atoms with Gasteiger partial charge in [0.05, 0.1) is 5.92 Å². The van der Waals surface area contributed by atoms with E-state index >= 15 is 0 Å². The lowest BCUT2D eigenvalue weighted by Gasteiger charge is -2.38. The van der Waals surface area contributed by atoms with Gasteiger partial charge in [-0.25, -0.2) is 0 Å². The summed E-state index contributed by atoms with van der Waals surface area (Å²) < 4.78 is 125. The summed E-state index contributed by atoms with van der Waals surface area (Å²) in [5.41, 5.74) is -1.07. The number of ether oxygens (including phenoxy) is 1. The summed E-state index contributed by atoms with van der Waals surface area (Å²) in [6.07, 6.45) is -8.32. The third kappa shape index (κ3) is 3.92. The van der Waals surface area contributed by atoms with Crippen LogP contribution in [0.1, 0.15) is 43.1 Å². The van der Waals surface area contributed by atoms with Crippen molar-refractivity contribution in [2.24, 2.45) is 5.92 Å². The monoisotopic (exact) mass is 436 g/mol. The molecule has 0 N–H and O–H groups in total. The van der Waals surface area contributed by atoms with Gasteiger partial charge in [0.1, 0.15) is 11.4 Å². The molecule has 1 aliphatic rings. The van der Waals surface area contributed by atoms with E-state index in [0.29, 0.717) is 0 Å². The van der Waals surface area contributed by atoms with E-state index in [0.717, 1.165) is 6.07 Å². The Balaban J connectivity index is 2.45. The third-order valence-electron chi connectivity index (χ3n) is 4.40. The minimum Gasteiger partial charge on any atom is -0.488 e. The molecule has 0 aliphatic heterocycles. The van der Waals surface area contributed by atoms with Gasteiger partial charge in [-0.3, -0.25) is 4.79 Å². The van der Waals surface area contributed by atoms with Gasteiger partial charge in [-0.2, -0.15) is 39.5 Å². The van der Waals surface area contributed by atoms with Gasteiger partial charge in [-0.15, -0.1) is 0 Å². The van der Waals surface area contributed by atoms with Crippen LogP contribution in [0.2, 0.25) is 0 Å². The zero-order valence-electron chi connectivity index (χ0n) is 15.4. The van der Waals surface area contributed by atoms with Crippen molar-refractivity contribution < 1.29 is 49.0 Å². The molecular formula is C18H17F9O2. The second-order valence-electron chi connectivity index (χ2n) is 7.76. The van der Waals surface area contributed by atoms with E-state index < -0.39 is 53.2 Å². The van der Waals surface area contributed by atoms with Crippen molar-refractivity contribution in [3.63, 3.8) is 0 Å². The third-order valence-corrected chi connectivity index (χ3v) is 4.40. The Morgan fingerprint density at radius 3 is 1.93 bits per heavy atom. The van der Waals surface area contributed by atoms with Crippen LogP contribution in [0.25, 0.3) is 0 Å². The van der Waals surface area contributed by atoms with E-state index in [1.807, 2.05) is 0 Å². The van der Waals surface area contributed by atoms with Crippen LogP contribution in [0.3, 0.4) is 0 Å². The highest BCUT2D eigenvalue weighted by Crippen LogP contribution is 2.56. The van der Waals surface area contributed by atoms with Crippen molar-refractivity contribution in [2.75, 3.05) is 0 Å². The van der Waals surface area contributed by atoms with Gasteiger partial charge >= 0.3 is 23.9 Å². The Kier molecular flexibility index (Phi) is 5.47. The van der Waals surface area contributed by atoms with Gasteiger partial charge in [0.25, 0.3) is 0 Å². The Morgan fingerprint density at radius 2 is 1.45 bits per heavy atom. The molecule has 0 radical (unpaired) electrons. The molecule has 1 atom stereocenters. The fraction of sp³-hybridized carbons (Fsp3) is 0.611. The van der Waals surface area contributed by atoms with Crippen molar-refractivity contribution in [1.82, 2.24) is 0 Å². The van der Waals surface area contributed by atoms with Crippen LogP contribution in [0.4, 0.5) is 39.5 Å². The van der Waals surface area contributed by atoms with Crippen molar-refractivity contribution >= 4 is 5.78 Å². The standard InChI is InChI=1S/C18H17F9O2/c1-14(2,3)29-10-6-4-9-5-7-12(13(28)11(9)8-10)15(19,20)16(21,22)17(23,24)18(25,26)27/h4,6,8,12H,5,7H2,1-3H3. The maximum absolute atomic E-state index is 14.2. The number of aryl methyl sites for hydroxylation is 1. The Labute approximate surface area is 160 Å². The number of halogens is 9. The minimum absolute atomic E-state index is 0.0287. The molecule has 1 aliphatic carbocycles. The van der Waals surface area contributed by atoms with Crippen LogP contribution in [-0.2, 0) is 6.42 Å². The highest BCUT2D eigenvalue weighted by molar-refractivity contribution is 6.01. The summed E-state index contributed by atoms with van der Waals surface area (Å²) in [5, 5.41) is 0. The zero-order chi connectivity index (χ0) is 22.6. The normalized spacial score (nSPS) is 19.2. The first-order valence-electron chi connectivity index (χ1n) is 8.39. The number of hydrogen-bond donors (Lipinski definition) is 0. The Morgan fingerprint density at radius 1 is 0.897 bits per heavy atom. The first-order valence-corrected chi connectivity index (χ1v) is 8.39. The number of rotatable bonds is 4. The molecule has 0 heterocycles. The number of hydrogen-bond acceptors (Lipinski definition) is 2. The molecule has 0 bridgehead atoms. The SMILES string of the molecule is CC(C)(C)Oc1ccc2c(c1)C(=O)C(C(F)(F)C(F)(F)C(F)(F)C(F)(F)F)CC2. The Hall–Kier alpha value is -1.94. The van der Waals surface area contributed by atoms with E-state index in [1.54, 1.807) is 20.8 Å². The van der Waals surface area contributed by atoms with Gasteiger partial charge in [-0.05, 0) is 51.3 Å². The van der Waals surface area contributed by atoms with E-state index in [2.05, 4.69) is 0 Å². The number of fused-ring (bicyclic) bond motifs is 1. The summed E-state index contributed by atoms with van der Waals surface area (Å²) >= 11 is 0. The molecule has 1 aromatic carbocycles. The van der Waals surface area contributed by atoms with Crippen LogP contribution in [0, 0.1) is 5.92 Å². The lowest BCUT2D eigenvalue weighted by Crippen LogP contribution is -2.64. The van der Waals surface area contributed by atoms with E-state index in [4.69, 9.17) is 4.74 Å². The molecule has 29 heavy (non-hydrogen) atoms. The fourth-order valence-corrected chi connectivity index (χ4v) is 2.99. The molecule has 164 valence electrons. The fourth-order valence-electron chi connectivity index (χ4n) is 2.99. The van der Waals surface area contributed by atoms with E-state index in [9.17, 15) is 44.3 Å². The first kappa shape index (κ1) is 23.3. The average Bonchev–Trinajstić information content (AvgIpc) is 2.52. The van der Waals surface area contributed by atoms with Crippen molar-refractivity contribution in [2.45, 2.75) is 63.2 Å². The van der Waals surface area contributed by atoms with Gasteiger partial charge in [0.2, 0.25) is 0 Å². The summed E-state index contributed by atoms with van der Waals surface area (Å²) in [4.78, 5) is 12.4. The quantitative estimate of drug-likeness (QED) is 0.535. The molecule has 1 unspecified atom stereocenters. The number of benzene rings is 1. The van der Waals surface area contributed by atoms with Crippen LogP contribution in [-0.4, -0.2) is 35.3 Å². The van der Waals surface area contributed by atoms with Gasteiger partial charge < -0.3 is 4.74 Å². The molecular weight excluding hydrogens is 419 g/mol. The maximum Gasteiger partial charge on any atom is 0.460 e. The van der Waals surface area contributed by atoms with E-state index in [-0.39, 0.29) is 17.7 Å². The second-order valence-corrected chi connectivity index (χ2v) is 7.76. The van der Waals surface area contributed by atoms with Gasteiger partial charge in [-0.1, -0.05) is 6.07 Å². The van der Waals surface area contributed by atoms with Crippen molar-refractivity contribution in [3.8, 4) is 5.75 Å². The summed E-state index contributed by atoms with van der Waals surface area (Å²) in [6, 6.07) is 3.72. The molecule has 0 fully saturated rings. The maximum atomic E-state index is 14.2. The minimum atomic E-state index is -7.03. The first-order chi connectivity index (χ1) is 12.8. The molecule has 0 saturated heterocycles. The lowest BCUT2D eigenvalue weighted by molar-refractivity contribution is -0.400. The van der Waals surface area contributed by atoms with E-state index in [1.165, 1.54) is 12.1 Å². The molecule has 1 aromatic rings. The second kappa shape index (κ2) is 6.80. The summed E-state index contributed by atoms with van der Waals surface area (Å²) in [5.74, 6) is -24.5. The Bertz CT molecular complexity index is 792. The largest absolute Gasteiger partial charge is 0.488 e. The van der Waals surface area contributed by atoms with Crippen LogP contribution in [0.5, 0.6) is 5.75 Å². The average molecular weight is 436 g/mol. The summed E-state index contributed by atoms with van der Waals surface area (Å²) in [7, 11) is 0. The topological polar surface area (TPSA) is 26.3 Å². The number of carbonyl (C=O) groups is 1. The summed E-state index contributed by atoms with van der Waals surface area (Å²) in [6.45, 7) is 4.89. The molecule has 0 saturated carbocycles. The highest BCUT2D eigenvalue weighted by Gasteiger charge is 2.83. The lowest BCUT2D eigenvalue weighted by atomic mass is 9.76. The number of alkyl halides is 9. The number of carbonyl (C=O) groups excluding carboxylic acids is 1. The number of Topliss-reactive ketones (excluding diaryl/α,β-unsaturated/α-hetero) is 1. The van der Waals surface area contributed by atoms with Crippen LogP contribution >= 0.6 is 0 Å². The molecule has 0 spiro atoms. The zero-order valence-corrected chi connectivity index (χ0v) is 15.4. The molecule has 0 amide bonds. The van der Waals surface area contributed by atoms with Gasteiger partial charge in [0.15, 0.2) is 5.78 Å². The van der Waals surface area contributed by atoms with Gasteiger partial charge in [0, 0.05) is 5.56 Å². The van der Waals surface area contributed by atoms with Crippen molar-refractivity contribution in [3.05, 3.63) is 29.3 Å². The van der Waals surface area contributed by atoms with Crippen molar-refractivity contribution in [1.29, 1.82) is 0 Å². The molecule has 11 heteroatoms. The molecule has 2 nitrogen and oxygen atoms in total. The van der Waals surface area contributed by atoms with Crippen LogP contribution in [0.15, 0.2) is 18.2 Å². The number of ketones is 1. The predicted octanol–water partition coefficient (Wildman–Crippen LogP) is 6.08. The molecule has 2 rings (SSSR count). The predicted molar refractivity (Wildman–Crippen MR) is 83.9 cm³/mol.